The number of rotatable bonds is 4. The highest BCUT2D eigenvalue weighted by molar-refractivity contribution is 5.64. The Hall–Kier alpha value is -2.51. The van der Waals surface area contributed by atoms with Crippen LogP contribution in [0.4, 0.5) is 0 Å². The van der Waals surface area contributed by atoms with Gasteiger partial charge in [0.1, 0.15) is 0 Å². The topological polar surface area (TPSA) is 75.5 Å². The van der Waals surface area contributed by atoms with E-state index in [1.165, 1.54) is 10.6 Å². The molecule has 1 aliphatic carbocycles. The lowest BCUT2D eigenvalue weighted by atomic mass is 10.1. The number of hydrogen-bond donors (Lipinski definition) is 1. The largest absolute Gasteiger partial charge is 0.372 e. The predicted octanol–water partition coefficient (Wildman–Crippen LogP) is 3.98. The van der Waals surface area contributed by atoms with Crippen LogP contribution in [0, 0.1) is 0 Å². The van der Waals surface area contributed by atoms with E-state index in [0.717, 1.165) is 37.9 Å². The van der Waals surface area contributed by atoms with E-state index >= 15 is 0 Å². The smallest absolute Gasteiger partial charge is 0.274 e. The average Bonchev–Trinajstić information content (AvgIpc) is 3.03. The minimum absolute atomic E-state index is 0.170. The van der Waals surface area contributed by atoms with Crippen molar-refractivity contribution >= 4 is 11.4 Å². The number of fused-ring (bicyclic) bond motifs is 1. The zero-order valence-corrected chi connectivity index (χ0v) is 18.9. The monoisotopic (exact) mass is 413 g/mol. The number of aromatic nitrogens is 4. The van der Waals surface area contributed by atoms with Crippen LogP contribution in [-0.4, -0.2) is 50.7 Å². The van der Waals surface area contributed by atoms with Crippen molar-refractivity contribution in [1.29, 1.82) is 0 Å². The fraction of sp³-hybridized carbons (Fsp3) is 0.522. The molecule has 7 heteroatoms. The Labute approximate surface area is 179 Å². The number of aromatic amines is 1. The molecule has 0 unspecified atom stereocenters. The van der Waals surface area contributed by atoms with Crippen LogP contribution in [0.25, 0.3) is 11.4 Å². The summed E-state index contributed by atoms with van der Waals surface area (Å²) in [6.45, 7) is 10.4. The summed E-state index contributed by atoms with van der Waals surface area (Å²) in [4.78, 5) is 23.7. The van der Waals surface area contributed by atoms with Crippen molar-refractivity contribution < 1.29 is 4.74 Å². The van der Waals surface area contributed by atoms with Gasteiger partial charge in [0.2, 0.25) is 0 Å². The molecule has 0 spiro atoms. The summed E-state index contributed by atoms with van der Waals surface area (Å²) in [6.07, 6.45) is 13.0. The molecule has 1 saturated heterocycles. The van der Waals surface area contributed by atoms with Crippen LogP contribution in [0.1, 0.15) is 58.5 Å². The molecule has 0 saturated carbocycles. The van der Waals surface area contributed by atoms with E-state index in [2.05, 4.69) is 33.1 Å². The van der Waals surface area contributed by atoms with Crippen molar-refractivity contribution in [3.8, 4) is 0 Å². The molecular formula is C23H35N5O2. The summed E-state index contributed by atoms with van der Waals surface area (Å²) in [6, 6.07) is 1.52. The van der Waals surface area contributed by atoms with E-state index in [9.17, 15) is 4.79 Å². The summed E-state index contributed by atoms with van der Waals surface area (Å²) >= 11 is 0. The van der Waals surface area contributed by atoms with Gasteiger partial charge in [-0.2, -0.15) is 9.50 Å². The first-order valence-electron chi connectivity index (χ1n) is 11.0. The second kappa shape index (κ2) is 12.2. The quantitative estimate of drug-likeness (QED) is 0.820. The molecular weight excluding hydrogens is 378 g/mol. The third kappa shape index (κ3) is 6.24. The highest BCUT2D eigenvalue weighted by Crippen LogP contribution is 2.18. The zero-order valence-electron chi connectivity index (χ0n) is 18.9. The third-order valence-electron chi connectivity index (χ3n) is 4.81. The Morgan fingerprint density at radius 3 is 2.57 bits per heavy atom. The van der Waals surface area contributed by atoms with Crippen molar-refractivity contribution in [2.45, 2.75) is 59.7 Å². The standard InChI is InChI=1S/C19H23N5O2.2C2H6/c1-23-10-8-16(9-11-23)26-13-15-12-17(25)24-19(20-15)21-18(22-24)14-6-4-2-3-5-7-14;2*1-2/h2-6,12,16H,7-11,13H2,1H3,(H,20,21,22);2*1-2H3. The van der Waals surface area contributed by atoms with E-state index in [1.807, 2.05) is 52.0 Å². The molecule has 7 nitrogen and oxygen atoms in total. The number of allylic oxidation sites excluding steroid dienone is 6. The van der Waals surface area contributed by atoms with E-state index < -0.39 is 0 Å². The van der Waals surface area contributed by atoms with E-state index in [0.29, 0.717) is 23.9 Å². The minimum atomic E-state index is -0.170. The van der Waals surface area contributed by atoms with Gasteiger partial charge in [0, 0.05) is 24.7 Å². The summed E-state index contributed by atoms with van der Waals surface area (Å²) in [7, 11) is 2.12. The predicted molar refractivity (Wildman–Crippen MR) is 122 cm³/mol. The van der Waals surface area contributed by atoms with Gasteiger partial charge < -0.3 is 9.64 Å². The van der Waals surface area contributed by atoms with Crippen LogP contribution < -0.4 is 5.56 Å². The van der Waals surface area contributed by atoms with Crippen LogP contribution in [0.5, 0.6) is 0 Å². The second-order valence-corrected chi connectivity index (χ2v) is 6.82. The Balaban J connectivity index is 0.000000757. The maximum atomic E-state index is 12.4. The van der Waals surface area contributed by atoms with Gasteiger partial charge in [-0.05, 0) is 26.3 Å². The first-order valence-corrected chi connectivity index (χ1v) is 11.0. The molecule has 0 bridgehead atoms. The molecule has 30 heavy (non-hydrogen) atoms. The first-order chi connectivity index (χ1) is 14.7. The lowest BCUT2D eigenvalue weighted by molar-refractivity contribution is 0.000747. The highest BCUT2D eigenvalue weighted by atomic mass is 16.5. The number of nitrogens with one attached hydrogen (secondary N) is 1. The number of ether oxygens (including phenoxy) is 1. The molecule has 2 aliphatic rings. The Morgan fingerprint density at radius 1 is 1.10 bits per heavy atom. The van der Waals surface area contributed by atoms with Gasteiger partial charge in [0.25, 0.3) is 11.3 Å². The van der Waals surface area contributed by atoms with E-state index in [1.54, 1.807) is 0 Å². The fourth-order valence-corrected chi connectivity index (χ4v) is 3.25. The lowest BCUT2D eigenvalue weighted by Gasteiger charge is -2.28. The van der Waals surface area contributed by atoms with E-state index in [-0.39, 0.29) is 11.7 Å². The van der Waals surface area contributed by atoms with E-state index in [4.69, 9.17) is 4.74 Å². The normalized spacial score (nSPS) is 16.9. The van der Waals surface area contributed by atoms with Crippen LogP contribution >= 0.6 is 0 Å². The van der Waals surface area contributed by atoms with Gasteiger partial charge in [-0.1, -0.05) is 58.1 Å². The minimum Gasteiger partial charge on any atom is -0.372 e. The first kappa shape index (κ1) is 23.8. The van der Waals surface area contributed by atoms with Gasteiger partial charge in [-0.25, -0.2) is 4.98 Å². The molecule has 4 rings (SSSR count). The number of hydrogen-bond acceptors (Lipinski definition) is 5. The Kier molecular flexibility index (Phi) is 9.70. The van der Waals surface area contributed by atoms with Crippen LogP contribution in [0.3, 0.4) is 0 Å². The number of H-pyrrole nitrogens is 1. The van der Waals surface area contributed by atoms with Crippen molar-refractivity contribution in [3.05, 3.63) is 58.3 Å². The number of nitrogens with zero attached hydrogens (tertiary/aromatic N) is 4. The van der Waals surface area contributed by atoms with Crippen LogP contribution in [-0.2, 0) is 11.3 Å². The molecule has 164 valence electrons. The SMILES string of the molecule is CC.CC.CN1CCC(OCc2cc(=O)n3[nH]c(C4=CC=CC=CC4)nc3n2)CC1. The molecule has 0 radical (unpaired) electrons. The Morgan fingerprint density at radius 2 is 1.83 bits per heavy atom. The van der Waals surface area contributed by atoms with Gasteiger partial charge in [0.15, 0.2) is 5.82 Å². The molecule has 1 aliphatic heterocycles. The van der Waals surface area contributed by atoms with Gasteiger partial charge >= 0.3 is 0 Å². The van der Waals surface area contributed by atoms with Crippen LogP contribution in [0.2, 0.25) is 0 Å². The molecule has 2 aromatic rings. The van der Waals surface area contributed by atoms with Gasteiger partial charge in [-0.15, -0.1) is 0 Å². The maximum absolute atomic E-state index is 12.4. The Bertz CT molecular complexity index is 931. The van der Waals surface area contributed by atoms with Crippen molar-refractivity contribution in [2.75, 3.05) is 20.1 Å². The average molecular weight is 414 g/mol. The summed E-state index contributed by atoms with van der Waals surface area (Å²) in [5.41, 5.74) is 1.47. The van der Waals surface area contributed by atoms with Crippen LogP contribution in [0.15, 0.2) is 41.2 Å². The molecule has 2 aromatic heterocycles. The third-order valence-corrected chi connectivity index (χ3v) is 4.81. The molecule has 0 atom stereocenters. The lowest BCUT2D eigenvalue weighted by Crippen LogP contribution is -2.34. The van der Waals surface area contributed by atoms with Crippen molar-refractivity contribution in [2.24, 2.45) is 0 Å². The highest BCUT2D eigenvalue weighted by Gasteiger charge is 2.18. The molecule has 1 fully saturated rings. The number of likely N-dealkylation sites (tertiary alicyclic amines) is 1. The molecule has 0 amide bonds. The van der Waals surface area contributed by atoms with Crippen molar-refractivity contribution in [3.63, 3.8) is 0 Å². The molecule has 0 aromatic carbocycles. The molecule has 3 heterocycles. The summed E-state index contributed by atoms with van der Waals surface area (Å²) < 4.78 is 7.34. The van der Waals surface area contributed by atoms with Gasteiger partial charge in [0.05, 0.1) is 18.4 Å². The maximum Gasteiger partial charge on any atom is 0.274 e. The molecule has 1 N–H and O–H groups in total. The van der Waals surface area contributed by atoms with Crippen molar-refractivity contribution in [1.82, 2.24) is 24.5 Å². The second-order valence-electron chi connectivity index (χ2n) is 6.82. The number of piperidine rings is 1. The van der Waals surface area contributed by atoms with Gasteiger partial charge in [-0.3, -0.25) is 9.89 Å². The zero-order chi connectivity index (χ0) is 21.9. The fourth-order valence-electron chi connectivity index (χ4n) is 3.25. The summed E-state index contributed by atoms with van der Waals surface area (Å²) in [5.74, 6) is 1.05. The summed E-state index contributed by atoms with van der Waals surface area (Å²) in [5, 5.41) is 3.05.